The lowest BCUT2D eigenvalue weighted by Gasteiger charge is -2.26. The minimum Gasteiger partial charge on any atom is -0.481 e. The maximum atomic E-state index is 12.8. The van der Waals surface area contributed by atoms with Crippen molar-refractivity contribution in [1.29, 1.82) is 0 Å². The average molecular weight is 522 g/mol. The smallest absolute Gasteiger partial charge is 0.326 e. The van der Waals surface area contributed by atoms with Gasteiger partial charge in [-0.05, 0) is 24.0 Å². The summed E-state index contributed by atoms with van der Waals surface area (Å²) in [6.45, 7) is 3.23. The van der Waals surface area contributed by atoms with E-state index in [0.29, 0.717) is 0 Å². The molecule has 2 aromatic rings. The molecule has 1 heterocycles. The van der Waals surface area contributed by atoms with E-state index in [1.807, 2.05) is 24.3 Å². The van der Waals surface area contributed by atoms with Gasteiger partial charge in [0.15, 0.2) is 0 Å². The number of H-pyrrole nitrogens is 1. The zero-order valence-electron chi connectivity index (χ0n) is 19.9. The Morgan fingerprint density at radius 2 is 1.61 bits per heavy atom. The lowest BCUT2D eigenvalue weighted by Crippen LogP contribution is -2.59. The van der Waals surface area contributed by atoms with Gasteiger partial charge in [-0.15, -0.1) is 0 Å². The fourth-order valence-corrected chi connectivity index (χ4v) is 3.79. The van der Waals surface area contributed by atoms with E-state index >= 15 is 0 Å². The fourth-order valence-electron chi connectivity index (χ4n) is 3.53. The number of carbonyl (C=O) groups is 5. The largest absolute Gasteiger partial charge is 0.481 e. The molecule has 0 radical (unpaired) electrons. The number of aromatic nitrogens is 1. The highest BCUT2D eigenvalue weighted by Crippen LogP contribution is 2.18. The second-order valence-corrected chi connectivity index (χ2v) is 9.01. The Balaban J connectivity index is 2.03. The molecule has 0 fully saturated rings. The maximum Gasteiger partial charge on any atom is 0.326 e. The van der Waals surface area contributed by atoms with Crippen LogP contribution in [0.2, 0.25) is 0 Å². The van der Waals surface area contributed by atoms with Gasteiger partial charge in [0.2, 0.25) is 17.7 Å². The Bertz CT molecular complexity index is 1120. The van der Waals surface area contributed by atoms with Gasteiger partial charge in [-0.3, -0.25) is 19.2 Å². The van der Waals surface area contributed by atoms with E-state index in [2.05, 4.69) is 33.6 Å². The number of nitrogens with two attached hydrogens (primary N) is 1. The number of hydrogen-bond acceptors (Lipinski definition) is 7. The number of rotatable bonds is 13. The quantitative estimate of drug-likeness (QED) is 0.163. The minimum atomic E-state index is -1.67. The number of para-hydroxylation sites is 1. The summed E-state index contributed by atoms with van der Waals surface area (Å²) >= 11 is 4.12. The van der Waals surface area contributed by atoms with Crippen LogP contribution in [0.4, 0.5) is 0 Å². The average Bonchev–Trinajstić information content (AvgIpc) is 3.22. The van der Waals surface area contributed by atoms with Crippen LogP contribution in [0.3, 0.4) is 0 Å². The van der Waals surface area contributed by atoms with Crippen molar-refractivity contribution < 1.29 is 34.2 Å². The maximum absolute atomic E-state index is 12.8. The normalized spacial score (nSPS) is 14.5. The van der Waals surface area contributed by atoms with Crippen LogP contribution < -0.4 is 21.7 Å². The molecular weight excluding hydrogens is 490 g/mol. The van der Waals surface area contributed by atoms with Crippen LogP contribution in [-0.2, 0) is 30.4 Å². The molecule has 0 bridgehead atoms. The first-order valence-electron chi connectivity index (χ1n) is 11.2. The van der Waals surface area contributed by atoms with Crippen LogP contribution in [0.5, 0.6) is 0 Å². The molecule has 4 atom stereocenters. The molecule has 1 aromatic carbocycles. The topological polar surface area (TPSA) is 204 Å². The molecule has 4 unspecified atom stereocenters. The van der Waals surface area contributed by atoms with E-state index in [-0.39, 0.29) is 12.2 Å². The first kappa shape index (κ1) is 28.7. The molecule has 8 N–H and O–H groups in total. The number of nitrogens with one attached hydrogen (secondary N) is 4. The number of benzene rings is 1. The van der Waals surface area contributed by atoms with Gasteiger partial charge in [-0.25, -0.2) is 4.79 Å². The van der Waals surface area contributed by atoms with Crippen molar-refractivity contribution in [3.63, 3.8) is 0 Å². The molecule has 0 saturated heterocycles. The third-order valence-electron chi connectivity index (χ3n) is 5.51. The van der Waals surface area contributed by atoms with Crippen LogP contribution in [0, 0.1) is 5.92 Å². The summed E-state index contributed by atoms with van der Waals surface area (Å²) in [5.74, 6) is -5.69. The number of thiol groups is 1. The molecular formula is C23H31N5O7S. The van der Waals surface area contributed by atoms with Crippen molar-refractivity contribution in [2.75, 3.05) is 5.75 Å². The summed E-state index contributed by atoms with van der Waals surface area (Å²) in [4.78, 5) is 63.4. The van der Waals surface area contributed by atoms with Gasteiger partial charge in [0.05, 0.1) is 12.5 Å². The van der Waals surface area contributed by atoms with E-state index in [9.17, 15) is 24.0 Å². The van der Waals surface area contributed by atoms with Crippen molar-refractivity contribution in [2.45, 2.75) is 50.9 Å². The first-order chi connectivity index (χ1) is 16.9. The summed E-state index contributed by atoms with van der Waals surface area (Å²) in [5.41, 5.74) is 7.81. The molecule has 3 amide bonds. The Morgan fingerprint density at radius 1 is 0.972 bits per heavy atom. The van der Waals surface area contributed by atoms with Crippen LogP contribution in [-0.4, -0.2) is 74.8 Å². The van der Waals surface area contributed by atoms with Crippen molar-refractivity contribution in [1.82, 2.24) is 20.9 Å². The van der Waals surface area contributed by atoms with E-state index in [1.54, 1.807) is 20.0 Å². The molecule has 196 valence electrons. The molecule has 0 aliphatic rings. The minimum absolute atomic E-state index is 0.0966. The highest BCUT2D eigenvalue weighted by atomic mass is 32.1. The molecule has 12 nitrogen and oxygen atoms in total. The summed E-state index contributed by atoms with van der Waals surface area (Å²) < 4.78 is 0. The van der Waals surface area contributed by atoms with Gasteiger partial charge in [0, 0.05) is 22.9 Å². The number of aromatic amines is 1. The van der Waals surface area contributed by atoms with Gasteiger partial charge in [0.25, 0.3) is 0 Å². The molecule has 0 saturated carbocycles. The standard InChI is InChI=1S/C23H31N5O7S/c1-11(2)19(22(33)26-16(23(34)35)8-18(29)30)28-21(32)17(10-36)27-20(31)14(24)7-12-9-25-15-6-4-3-5-13(12)15/h3-6,9,11,14,16-17,19,25,36H,7-8,10,24H2,1-2H3,(H,26,33)(H,27,31)(H,28,32)(H,29,30)(H,34,35). The van der Waals surface area contributed by atoms with Gasteiger partial charge in [0.1, 0.15) is 18.1 Å². The zero-order valence-corrected chi connectivity index (χ0v) is 20.7. The number of carboxylic acid groups (broad SMARTS) is 2. The van der Waals surface area contributed by atoms with Gasteiger partial charge < -0.3 is 36.9 Å². The van der Waals surface area contributed by atoms with E-state index in [0.717, 1.165) is 16.5 Å². The monoisotopic (exact) mass is 521 g/mol. The van der Waals surface area contributed by atoms with Gasteiger partial charge in [-0.1, -0.05) is 32.0 Å². The van der Waals surface area contributed by atoms with Crippen molar-refractivity contribution in [3.05, 3.63) is 36.0 Å². The van der Waals surface area contributed by atoms with E-state index < -0.39 is 66.2 Å². The molecule has 0 aliphatic carbocycles. The first-order valence-corrected chi connectivity index (χ1v) is 11.8. The number of carbonyl (C=O) groups excluding carboxylic acids is 3. The predicted octanol–water partition coefficient (Wildman–Crippen LogP) is -0.363. The van der Waals surface area contributed by atoms with Crippen LogP contribution >= 0.6 is 12.6 Å². The molecule has 13 heteroatoms. The van der Waals surface area contributed by atoms with Crippen LogP contribution in [0.1, 0.15) is 25.8 Å². The van der Waals surface area contributed by atoms with Gasteiger partial charge >= 0.3 is 11.9 Å². The molecule has 0 aliphatic heterocycles. The van der Waals surface area contributed by atoms with Crippen molar-refractivity contribution in [2.24, 2.45) is 11.7 Å². The van der Waals surface area contributed by atoms with Crippen LogP contribution in [0.15, 0.2) is 30.5 Å². The number of aliphatic carboxylic acids is 2. The van der Waals surface area contributed by atoms with Crippen LogP contribution in [0.25, 0.3) is 10.9 Å². The van der Waals surface area contributed by atoms with E-state index in [4.69, 9.17) is 15.9 Å². The summed E-state index contributed by atoms with van der Waals surface area (Å²) in [6, 6.07) is 2.60. The summed E-state index contributed by atoms with van der Waals surface area (Å²) in [6.07, 6.45) is 1.15. The molecule has 0 spiro atoms. The Morgan fingerprint density at radius 3 is 2.19 bits per heavy atom. The number of carboxylic acids is 2. The highest BCUT2D eigenvalue weighted by Gasteiger charge is 2.32. The summed E-state index contributed by atoms with van der Waals surface area (Å²) in [7, 11) is 0. The van der Waals surface area contributed by atoms with Crippen molar-refractivity contribution >= 4 is 53.2 Å². The molecule has 1 aromatic heterocycles. The third-order valence-corrected chi connectivity index (χ3v) is 5.87. The number of hydrogen-bond donors (Lipinski definition) is 8. The number of fused-ring (bicyclic) bond motifs is 1. The second kappa shape index (κ2) is 12.9. The highest BCUT2D eigenvalue weighted by molar-refractivity contribution is 7.80. The Kier molecular flexibility index (Phi) is 10.3. The summed E-state index contributed by atoms with van der Waals surface area (Å²) in [5, 5.41) is 26.1. The lowest BCUT2D eigenvalue weighted by atomic mass is 10.0. The second-order valence-electron chi connectivity index (χ2n) is 8.64. The lowest BCUT2D eigenvalue weighted by molar-refractivity contribution is -0.147. The third kappa shape index (κ3) is 7.71. The number of amides is 3. The van der Waals surface area contributed by atoms with E-state index in [1.165, 1.54) is 0 Å². The SMILES string of the molecule is CC(C)C(NC(=O)C(CS)NC(=O)C(N)Cc1c[nH]c2ccccc12)C(=O)NC(CC(=O)O)C(=O)O. The zero-order chi connectivity index (χ0) is 27.0. The predicted molar refractivity (Wildman–Crippen MR) is 134 cm³/mol. The molecule has 2 rings (SSSR count). The Hall–Kier alpha value is -3.58. The fraction of sp³-hybridized carbons (Fsp3) is 0.435. The van der Waals surface area contributed by atoms with Gasteiger partial charge in [-0.2, -0.15) is 12.6 Å². The Labute approximate surface area is 212 Å². The van der Waals surface area contributed by atoms with Crippen molar-refractivity contribution in [3.8, 4) is 0 Å². The molecule has 36 heavy (non-hydrogen) atoms.